The van der Waals surface area contributed by atoms with Gasteiger partial charge in [0.25, 0.3) is 11.5 Å². The summed E-state index contributed by atoms with van der Waals surface area (Å²) in [7, 11) is 0. The molecule has 0 aliphatic rings. The molecule has 5 aromatic rings. The number of amides is 1. The minimum Gasteiger partial charge on any atom is -0.493 e. The Morgan fingerprint density at radius 1 is 1.14 bits per heavy atom. The highest BCUT2D eigenvalue weighted by Gasteiger charge is 2.21. The number of ether oxygens (including phenoxy) is 1. The van der Waals surface area contributed by atoms with Crippen molar-refractivity contribution in [2.45, 2.75) is 20.8 Å². The van der Waals surface area contributed by atoms with E-state index in [4.69, 9.17) is 4.74 Å². The summed E-state index contributed by atoms with van der Waals surface area (Å²) >= 11 is 1.53. The van der Waals surface area contributed by atoms with Crippen molar-refractivity contribution >= 4 is 33.8 Å². The van der Waals surface area contributed by atoms with Gasteiger partial charge in [-0.15, -0.1) is 11.3 Å². The summed E-state index contributed by atoms with van der Waals surface area (Å²) in [6, 6.07) is 17.0. The summed E-state index contributed by atoms with van der Waals surface area (Å²) < 4.78 is 7.24. The lowest BCUT2D eigenvalue weighted by atomic mass is 10.0. The number of fused-ring (bicyclic) bond motifs is 1. The first-order chi connectivity index (χ1) is 17.0. The van der Waals surface area contributed by atoms with E-state index in [-0.39, 0.29) is 17.4 Å². The van der Waals surface area contributed by atoms with Gasteiger partial charge in [-0.25, -0.2) is 4.98 Å². The third-order valence-corrected chi connectivity index (χ3v) is 6.62. The number of thiophene rings is 1. The number of hydrogen-bond acceptors (Lipinski definition) is 6. The van der Waals surface area contributed by atoms with Gasteiger partial charge in [0.2, 0.25) is 5.95 Å². The fraction of sp³-hybridized carbons (Fsp3) is 0.154. The van der Waals surface area contributed by atoms with Gasteiger partial charge in [0.15, 0.2) is 0 Å². The number of rotatable bonds is 6. The second-order valence-electron chi connectivity index (χ2n) is 7.95. The molecule has 3 heterocycles. The fourth-order valence-corrected chi connectivity index (χ4v) is 4.53. The molecule has 176 valence electrons. The Morgan fingerprint density at radius 3 is 2.71 bits per heavy atom. The van der Waals surface area contributed by atoms with Crippen LogP contribution >= 0.6 is 11.3 Å². The van der Waals surface area contributed by atoms with Gasteiger partial charge in [-0.05, 0) is 49.1 Å². The maximum Gasteiger partial charge on any atom is 0.261 e. The smallest absolute Gasteiger partial charge is 0.261 e. The summed E-state index contributed by atoms with van der Waals surface area (Å²) in [5, 5.41) is 11.3. The largest absolute Gasteiger partial charge is 0.493 e. The molecule has 9 heteroatoms. The number of benzene rings is 2. The minimum absolute atomic E-state index is 0.221. The summed E-state index contributed by atoms with van der Waals surface area (Å²) in [6.45, 7) is 5.78. The van der Waals surface area contributed by atoms with Crippen LogP contribution < -0.4 is 15.6 Å². The molecule has 8 nitrogen and oxygen atoms in total. The summed E-state index contributed by atoms with van der Waals surface area (Å²) in [4.78, 5) is 34.3. The number of hydrogen-bond donors (Lipinski definition) is 2. The van der Waals surface area contributed by atoms with E-state index in [1.165, 1.54) is 16.0 Å². The molecule has 2 N–H and O–H groups in total. The van der Waals surface area contributed by atoms with E-state index in [9.17, 15) is 9.59 Å². The van der Waals surface area contributed by atoms with Crippen LogP contribution in [0, 0.1) is 13.8 Å². The van der Waals surface area contributed by atoms with E-state index in [1.54, 1.807) is 26.0 Å². The average molecular weight is 486 g/mol. The number of carbonyl (C=O) groups excluding carboxylic acids is 1. The molecule has 0 aliphatic heterocycles. The van der Waals surface area contributed by atoms with Gasteiger partial charge in [0.05, 0.1) is 17.0 Å². The van der Waals surface area contributed by atoms with E-state index in [0.717, 1.165) is 15.6 Å². The van der Waals surface area contributed by atoms with Gasteiger partial charge in [0.1, 0.15) is 17.3 Å². The van der Waals surface area contributed by atoms with Gasteiger partial charge in [-0.3, -0.25) is 14.6 Å². The molecular formula is C26H23N5O3S. The highest BCUT2D eigenvalue weighted by molar-refractivity contribution is 7.13. The molecule has 0 saturated carbocycles. The molecule has 0 aliphatic carbocycles. The van der Waals surface area contributed by atoms with Gasteiger partial charge >= 0.3 is 0 Å². The quantitative estimate of drug-likeness (QED) is 0.348. The third-order valence-electron chi connectivity index (χ3n) is 5.73. The van der Waals surface area contributed by atoms with E-state index in [2.05, 4.69) is 20.4 Å². The van der Waals surface area contributed by atoms with Crippen molar-refractivity contribution in [2.75, 3.05) is 11.9 Å². The molecule has 1 amide bonds. The minimum atomic E-state index is -0.352. The number of carbonyl (C=O) groups is 1. The molecule has 0 fully saturated rings. The number of aryl methyl sites for hydroxylation is 1. The van der Waals surface area contributed by atoms with Gasteiger partial charge in [-0.1, -0.05) is 36.4 Å². The molecule has 0 saturated heterocycles. The van der Waals surface area contributed by atoms with Crippen molar-refractivity contribution in [3.05, 3.63) is 87.2 Å². The van der Waals surface area contributed by atoms with Crippen LogP contribution in [0.1, 0.15) is 28.5 Å². The summed E-state index contributed by atoms with van der Waals surface area (Å²) in [5.74, 6) is 0.737. The topological polar surface area (TPSA) is 102 Å². The van der Waals surface area contributed by atoms with Gasteiger partial charge in [0, 0.05) is 17.3 Å². The van der Waals surface area contributed by atoms with Crippen molar-refractivity contribution in [3.8, 4) is 22.3 Å². The lowest BCUT2D eigenvalue weighted by molar-refractivity contribution is 0.102. The molecule has 0 radical (unpaired) electrons. The van der Waals surface area contributed by atoms with Gasteiger partial charge in [-0.2, -0.15) is 9.78 Å². The van der Waals surface area contributed by atoms with E-state index in [0.29, 0.717) is 40.7 Å². The Morgan fingerprint density at radius 2 is 1.97 bits per heavy atom. The van der Waals surface area contributed by atoms with Crippen LogP contribution in [0.3, 0.4) is 0 Å². The van der Waals surface area contributed by atoms with Gasteiger partial charge < -0.3 is 10.1 Å². The van der Waals surface area contributed by atoms with Crippen molar-refractivity contribution < 1.29 is 9.53 Å². The first-order valence-corrected chi connectivity index (χ1v) is 12.0. The zero-order valence-electron chi connectivity index (χ0n) is 19.5. The predicted octanol–water partition coefficient (Wildman–Crippen LogP) is 5.11. The number of H-pyrrole nitrogens is 1. The van der Waals surface area contributed by atoms with Crippen LogP contribution in [0.4, 0.5) is 5.82 Å². The van der Waals surface area contributed by atoms with Crippen LogP contribution in [0.2, 0.25) is 0 Å². The Balaban J connectivity index is 1.64. The molecule has 0 unspecified atom stereocenters. The van der Waals surface area contributed by atoms with Crippen molar-refractivity contribution in [2.24, 2.45) is 0 Å². The van der Waals surface area contributed by atoms with Crippen molar-refractivity contribution in [1.29, 1.82) is 0 Å². The van der Waals surface area contributed by atoms with Crippen LogP contribution in [0.25, 0.3) is 27.3 Å². The number of aromatic amines is 1. The van der Waals surface area contributed by atoms with E-state index >= 15 is 0 Å². The maximum atomic E-state index is 13.7. The second kappa shape index (κ2) is 9.19. The van der Waals surface area contributed by atoms with Crippen molar-refractivity contribution in [3.63, 3.8) is 0 Å². The van der Waals surface area contributed by atoms with E-state index in [1.807, 2.05) is 54.8 Å². The first kappa shape index (κ1) is 22.5. The fourth-order valence-electron chi connectivity index (χ4n) is 3.85. The van der Waals surface area contributed by atoms with Crippen LogP contribution in [0.15, 0.2) is 64.8 Å². The Kier molecular flexibility index (Phi) is 5.92. The molecule has 0 bridgehead atoms. The molecule has 0 spiro atoms. The predicted molar refractivity (Wildman–Crippen MR) is 138 cm³/mol. The van der Waals surface area contributed by atoms with Crippen LogP contribution in [0.5, 0.6) is 5.75 Å². The highest BCUT2D eigenvalue weighted by atomic mass is 32.1. The number of anilines is 1. The monoisotopic (exact) mass is 485 g/mol. The molecule has 2 aromatic carbocycles. The molecule has 3 aromatic heterocycles. The SMILES string of the molecule is CCOc1ccc2ccccc2c1C(=O)Nc1cc(-c2cccs2)nn1-c1nc(C)c(C)c(=O)[nH]1. The second-order valence-corrected chi connectivity index (χ2v) is 8.90. The zero-order chi connectivity index (χ0) is 24.5. The Labute approximate surface area is 205 Å². The molecule has 35 heavy (non-hydrogen) atoms. The summed E-state index contributed by atoms with van der Waals surface area (Å²) in [6.07, 6.45) is 0. The molecule has 5 rings (SSSR count). The third kappa shape index (κ3) is 4.22. The van der Waals surface area contributed by atoms with Crippen LogP contribution in [-0.4, -0.2) is 32.3 Å². The molecule has 0 atom stereocenters. The Hall–Kier alpha value is -4.24. The van der Waals surface area contributed by atoms with E-state index < -0.39 is 0 Å². The Bertz CT molecular complexity index is 1600. The van der Waals surface area contributed by atoms with Crippen molar-refractivity contribution in [1.82, 2.24) is 19.7 Å². The molecular weight excluding hydrogens is 462 g/mol. The lowest BCUT2D eigenvalue weighted by Crippen LogP contribution is -2.21. The average Bonchev–Trinajstić information content (AvgIpc) is 3.52. The maximum absolute atomic E-state index is 13.7. The van der Waals surface area contributed by atoms with Crippen LogP contribution in [-0.2, 0) is 0 Å². The summed E-state index contributed by atoms with van der Waals surface area (Å²) in [5.41, 5.74) is 1.94. The normalized spacial score (nSPS) is 11.1. The highest BCUT2D eigenvalue weighted by Crippen LogP contribution is 2.31. The first-order valence-electron chi connectivity index (χ1n) is 11.1. The number of aromatic nitrogens is 4. The lowest BCUT2D eigenvalue weighted by Gasteiger charge is -2.14. The number of nitrogens with zero attached hydrogens (tertiary/aromatic N) is 3. The standard InChI is InChI=1S/C26H23N5O3S/c1-4-34-20-12-11-17-8-5-6-9-18(17)23(20)25(33)28-22-14-19(21-10-7-13-35-21)30-31(22)26-27-16(3)15(2)24(32)29-26/h5-14H,4H2,1-3H3,(H,28,33)(H,27,29,32). The number of nitrogens with one attached hydrogen (secondary N) is 2. The zero-order valence-corrected chi connectivity index (χ0v) is 20.3.